The summed E-state index contributed by atoms with van der Waals surface area (Å²) in [5.74, 6) is 0.392. The highest BCUT2D eigenvalue weighted by Crippen LogP contribution is 2.31. The lowest BCUT2D eigenvalue weighted by Crippen LogP contribution is -2.31. The Bertz CT molecular complexity index is 527. The number of rotatable bonds is 3. The first-order valence-electron chi connectivity index (χ1n) is 8.57. The van der Waals surface area contributed by atoms with Gasteiger partial charge < -0.3 is 4.90 Å². The second kappa shape index (κ2) is 6.99. The highest BCUT2D eigenvalue weighted by molar-refractivity contribution is 5.70. The van der Waals surface area contributed by atoms with Crippen molar-refractivity contribution in [3.63, 3.8) is 0 Å². The Morgan fingerprint density at radius 3 is 2.41 bits per heavy atom. The number of para-hydroxylation sites is 1. The Morgan fingerprint density at radius 1 is 1.05 bits per heavy atom. The van der Waals surface area contributed by atoms with Crippen LogP contribution in [0, 0.1) is 5.92 Å². The smallest absolute Gasteiger partial charge is 0.0424 e. The average Bonchev–Trinajstić information content (AvgIpc) is 2.72. The van der Waals surface area contributed by atoms with Crippen molar-refractivity contribution in [1.29, 1.82) is 0 Å². The molecule has 3 rings (SSSR count). The molecule has 3 heteroatoms. The van der Waals surface area contributed by atoms with Crippen LogP contribution in [-0.4, -0.2) is 30.4 Å². The third kappa shape index (κ3) is 3.34. The molecule has 0 spiro atoms. The lowest BCUT2D eigenvalue weighted by Gasteiger charge is -2.28. The van der Waals surface area contributed by atoms with Crippen molar-refractivity contribution in [3.05, 3.63) is 42.1 Å². The quantitative estimate of drug-likeness (QED) is 0.776. The molecule has 0 saturated carbocycles. The van der Waals surface area contributed by atoms with Gasteiger partial charge in [0.05, 0.1) is 0 Å². The maximum Gasteiger partial charge on any atom is 0.0424 e. The predicted octanol–water partition coefficient (Wildman–Crippen LogP) is 4.28. The fraction of sp³-hybridized carbons (Fsp3) is 0.526. The Labute approximate surface area is 134 Å². The summed E-state index contributed by atoms with van der Waals surface area (Å²) >= 11 is 0. The van der Waals surface area contributed by atoms with Crippen LogP contribution in [0.15, 0.2) is 47.2 Å². The molecule has 22 heavy (non-hydrogen) atoms. The maximum atomic E-state index is 4.78. The lowest BCUT2D eigenvalue weighted by atomic mass is 10.1. The number of hydrazone groups is 1. The third-order valence-corrected chi connectivity index (χ3v) is 4.80. The van der Waals surface area contributed by atoms with Crippen LogP contribution < -0.4 is 4.90 Å². The van der Waals surface area contributed by atoms with E-state index in [4.69, 9.17) is 5.10 Å². The largest absolute Gasteiger partial charge is 0.342 e. The minimum absolute atomic E-state index is 0.392. The molecule has 0 aliphatic carbocycles. The normalized spacial score (nSPS) is 26.4. The molecule has 3 nitrogen and oxygen atoms in total. The number of hydrogen-bond acceptors (Lipinski definition) is 3. The van der Waals surface area contributed by atoms with Crippen LogP contribution >= 0.6 is 0 Å². The molecule has 2 aliphatic heterocycles. The number of anilines is 1. The fourth-order valence-corrected chi connectivity index (χ4v) is 3.53. The first kappa shape index (κ1) is 15.1. The van der Waals surface area contributed by atoms with E-state index >= 15 is 0 Å². The van der Waals surface area contributed by atoms with Gasteiger partial charge in [0.1, 0.15) is 0 Å². The standard InChI is InChI=1S/C19H27N3/c1-16-14-18(15-20-21-12-8-3-4-9-13-21)17(2)22(16)19-10-6-5-7-11-19/h5-7,10-11,14-15,17-18H,3-4,8-9,12-13H2,1-2H3/b20-15-/t17-,18+/m1/s1. The van der Waals surface area contributed by atoms with Gasteiger partial charge in [0, 0.05) is 42.6 Å². The van der Waals surface area contributed by atoms with Gasteiger partial charge >= 0.3 is 0 Å². The van der Waals surface area contributed by atoms with Gasteiger partial charge in [0.25, 0.3) is 0 Å². The van der Waals surface area contributed by atoms with E-state index in [1.165, 1.54) is 37.1 Å². The Hall–Kier alpha value is -1.77. The van der Waals surface area contributed by atoms with Crippen molar-refractivity contribution in [1.82, 2.24) is 5.01 Å². The second-order valence-corrected chi connectivity index (χ2v) is 6.46. The summed E-state index contributed by atoms with van der Waals surface area (Å²) in [4.78, 5) is 2.42. The molecule has 2 atom stereocenters. The molecule has 2 aliphatic rings. The van der Waals surface area contributed by atoms with E-state index in [9.17, 15) is 0 Å². The van der Waals surface area contributed by atoms with Gasteiger partial charge in [0.2, 0.25) is 0 Å². The summed E-state index contributed by atoms with van der Waals surface area (Å²) in [7, 11) is 0. The predicted molar refractivity (Wildman–Crippen MR) is 94.2 cm³/mol. The van der Waals surface area contributed by atoms with E-state index < -0.39 is 0 Å². The summed E-state index contributed by atoms with van der Waals surface area (Å²) in [6.07, 6.45) is 9.77. The number of allylic oxidation sites excluding steroid dienone is 1. The van der Waals surface area contributed by atoms with Crippen LogP contribution in [0.3, 0.4) is 0 Å². The van der Waals surface area contributed by atoms with Gasteiger partial charge in [-0.05, 0) is 38.8 Å². The first-order valence-corrected chi connectivity index (χ1v) is 8.57. The van der Waals surface area contributed by atoms with Crippen molar-refractivity contribution < 1.29 is 0 Å². The monoisotopic (exact) mass is 297 g/mol. The van der Waals surface area contributed by atoms with Crippen LogP contribution in [0.1, 0.15) is 39.5 Å². The van der Waals surface area contributed by atoms with Gasteiger partial charge in [-0.15, -0.1) is 0 Å². The van der Waals surface area contributed by atoms with Crippen molar-refractivity contribution in [2.45, 2.75) is 45.6 Å². The van der Waals surface area contributed by atoms with E-state index in [1.807, 2.05) is 0 Å². The number of benzene rings is 1. The zero-order valence-electron chi connectivity index (χ0n) is 13.8. The van der Waals surface area contributed by atoms with Crippen molar-refractivity contribution in [2.75, 3.05) is 18.0 Å². The molecule has 0 N–H and O–H groups in total. The van der Waals surface area contributed by atoms with E-state index in [0.717, 1.165) is 13.1 Å². The molecule has 0 bridgehead atoms. The molecule has 1 aromatic rings. The molecule has 1 aromatic carbocycles. The molecular weight excluding hydrogens is 270 g/mol. The highest BCUT2D eigenvalue weighted by Gasteiger charge is 2.29. The van der Waals surface area contributed by atoms with Gasteiger partial charge in [-0.1, -0.05) is 37.1 Å². The van der Waals surface area contributed by atoms with Crippen LogP contribution in [0.2, 0.25) is 0 Å². The molecule has 1 saturated heterocycles. The molecule has 0 aromatic heterocycles. The minimum atomic E-state index is 0.392. The van der Waals surface area contributed by atoms with Crippen LogP contribution in [0.25, 0.3) is 0 Å². The number of hydrogen-bond donors (Lipinski definition) is 0. The zero-order valence-corrected chi connectivity index (χ0v) is 13.8. The van der Waals surface area contributed by atoms with Crippen molar-refractivity contribution >= 4 is 11.9 Å². The summed E-state index contributed by atoms with van der Waals surface area (Å²) in [6, 6.07) is 11.1. The van der Waals surface area contributed by atoms with Crippen molar-refractivity contribution in [3.8, 4) is 0 Å². The summed E-state index contributed by atoms with van der Waals surface area (Å²) in [6.45, 7) is 6.72. The average molecular weight is 297 g/mol. The Kier molecular flexibility index (Phi) is 4.81. The third-order valence-electron chi connectivity index (χ3n) is 4.80. The van der Waals surface area contributed by atoms with Crippen molar-refractivity contribution in [2.24, 2.45) is 11.0 Å². The Balaban J connectivity index is 1.68. The summed E-state index contributed by atoms with van der Waals surface area (Å²) in [5.41, 5.74) is 2.60. The molecule has 0 radical (unpaired) electrons. The molecule has 2 heterocycles. The maximum absolute atomic E-state index is 4.78. The SMILES string of the molecule is CC1=C[C@@H](/C=N\N2CCCCCC2)[C@@H](C)N1c1ccccc1. The van der Waals surface area contributed by atoms with Gasteiger partial charge in [-0.2, -0.15) is 5.10 Å². The highest BCUT2D eigenvalue weighted by atomic mass is 15.4. The van der Waals surface area contributed by atoms with Crippen LogP contribution in [0.5, 0.6) is 0 Å². The molecule has 118 valence electrons. The van der Waals surface area contributed by atoms with Gasteiger partial charge in [-0.25, -0.2) is 0 Å². The first-order chi connectivity index (χ1) is 10.8. The number of nitrogens with zero attached hydrogens (tertiary/aromatic N) is 3. The minimum Gasteiger partial charge on any atom is -0.342 e. The van der Waals surface area contributed by atoms with Crippen LogP contribution in [-0.2, 0) is 0 Å². The molecule has 0 amide bonds. The van der Waals surface area contributed by atoms with E-state index in [1.54, 1.807) is 0 Å². The molecule has 0 unspecified atom stereocenters. The Morgan fingerprint density at radius 2 is 1.73 bits per heavy atom. The topological polar surface area (TPSA) is 18.8 Å². The second-order valence-electron chi connectivity index (χ2n) is 6.46. The summed E-state index contributed by atoms with van der Waals surface area (Å²) < 4.78 is 0. The molecule has 1 fully saturated rings. The zero-order chi connectivity index (χ0) is 15.4. The van der Waals surface area contributed by atoms with Gasteiger partial charge in [-0.3, -0.25) is 5.01 Å². The van der Waals surface area contributed by atoms with Crippen LogP contribution in [0.4, 0.5) is 5.69 Å². The van der Waals surface area contributed by atoms with E-state index in [2.05, 4.69) is 66.4 Å². The molecular formula is C19H27N3. The lowest BCUT2D eigenvalue weighted by molar-refractivity contribution is 0.300. The van der Waals surface area contributed by atoms with E-state index in [-0.39, 0.29) is 0 Å². The van der Waals surface area contributed by atoms with E-state index in [0.29, 0.717) is 12.0 Å². The fourth-order valence-electron chi connectivity index (χ4n) is 3.53. The van der Waals surface area contributed by atoms with Gasteiger partial charge in [0.15, 0.2) is 0 Å². The summed E-state index contributed by atoms with van der Waals surface area (Å²) in [5, 5.41) is 7.03.